The fraction of sp³-hybridized carbons (Fsp3) is 0.500. The third kappa shape index (κ3) is 3.38. The molecule has 0 amide bonds. The molecule has 5 nitrogen and oxygen atoms in total. The van der Waals surface area contributed by atoms with Gasteiger partial charge in [-0.1, -0.05) is 6.42 Å². The van der Waals surface area contributed by atoms with Crippen molar-refractivity contribution in [2.24, 2.45) is 10.9 Å². The van der Waals surface area contributed by atoms with Crippen molar-refractivity contribution in [3.8, 4) is 0 Å². The second-order valence-corrected chi connectivity index (χ2v) is 5.29. The van der Waals surface area contributed by atoms with Crippen LogP contribution in [-0.4, -0.2) is 28.4 Å². The standard InChI is InChI=1S/C14H18N2O3/c1-14(17)8-2-3-12(14)10-15-9-11-4-6-13(7-5-11)16(18)19/h4-7,9,12,17H,2-3,8,10H2,1H3/t12-,14-/m0/s1. The Labute approximate surface area is 112 Å². The zero-order chi connectivity index (χ0) is 13.9. The molecule has 0 heterocycles. The van der Waals surface area contributed by atoms with E-state index in [0.29, 0.717) is 6.54 Å². The van der Waals surface area contributed by atoms with Crippen LogP contribution in [0.1, 0.15) is 31.7 Å². The lowest BCUT2D eigenvalue weighted by Crippen LogP contribution is -2.30. The van der Waals surface area contributed by atoms with E-state index in [2.05, 4.69) is 4.99 Å². The number of rotatable bonds is 4. The lowest BCUT2D eigenvalue weighted by atomic mass is 9.93. The first-order valence-corrected chi connectivity index (χ1v) is 6.46. The molecule has 1 aromatic carbocycles. The van der Waals surface area contributed by atoms with E-state index in [0.717, 1.165) is 24.8 Å². The molecular weight excluding hydrogens is 244 g/mol. The fourth-order valence-corrected chi connectivity index (χ4v) is 2.48. The van der Waals surface area contributed by atoms with Gasteiger partial charge in [0.1, 0.15) is 0 Å². The zero-order valence-corrected chi connectivity index (χ0v) is 11.0. The van der Waals surface area contributed by atoms with Crippen molar-refractivity contribution >= 4 is 11.9 Å². The molecule has 2 rings (SSSR count). The molecule has 5 heteroatoms. The third-order valence-corrected chi connectivity index (χ3v) is 3.79. The average Bonchev–Trinajstić information content (AvgIpc) is 2.69. The van der Waals surface area contributed by atoms with Crippen LogP contribution in [0, 0.1) is 16.0 Å². The number of aliphatic hydroxyl groups is 1. The first-order chi connectivity index (χ1) is 8.99. The second kappa shape index (κ2) is 5.48. The molecule has 0 saturated heterocycles. The third-order valence-electron chi connectivity index (χ3n) is 3.79. The molecule has 1 saturated carbocycles. The quantitative estimate of drug-likeness (QED) is 0.514. The van der Waals surface area contributed by atoms with Crippen LogP contribution in [0.2, 0.25) is 0 Å². The molecule has 1 aliphatic carbocycles. The molecule has 0 aliphatic heterocycles. The highest BCUT2D eigenvalue weighted by molar-refractivity contribution is 5.79. The van der Waals surface area contributed by atoms with Crippen molar-refractivity contribution in [2.45, 2.75) is 31.8 Å². The van der Waals surface area contributed by atoms with E-state index in [-0.39, 0.29) is 11.6 Å². The first kappa shape index (κ1) is 13.7. The number of aliphatic imine (C=N–C) groups is 1. The van der Waals surface area contributed by atoms with Gasteiger partial charge in [-0.25, -0.2) is 0 Å². The van der Waals surface area contributed by atoms with Gasteiger partial charge in [0.2, 0.25) is 0 Å². The molecule has 0 aromatic heterocycles. The lowest BCUT2D eigenvalue weighted by Gasteiger charge is -2.23. The van der Waals surface area contributed by atoms with Gasteiger partial charge in [0.15, 0.2) is 0 Å². The van der Waals surface area contributed by atoms with Crippen molar-refractivity contribution in [1.29, 1.82) is 0 Å². The average molecular weight is 262 g/mol. The van der Waals surface area contributed by atoms with E-state index in [4.69, 9.17) is 0 Å². The van der Waals surface area contributed by atoms with Gasteiger partial charge >= 0.3 is 0 Å². The summed E-state index contributed by atoms with van der Waals surface area (Å²) in [6, 6.07) is 6.28. The lowest BCUT2D eigenvalue weighted by molar-refractivity contribution is -0.384. The van der Waals surface area contributed by atoms with Crippen molar-refractivity contribution in [3.05, 3.63) is 39.9 Å². The summed E-state index contributed by atoms with van der Waals surface area (Å²) in [5.74, 6) is 0.210. The Hall–Kier alpha value is -1.75. The minimum atomic E-state index is -0.604. The zero-order valence-electron chi connectivity index (χ0n) is 11.0. The largest absolute Gasteiger partial charge is 0.390 e. The van der Waals surface area contributed by atoms with E-state index in [9.17, 15) is 15.2 Å². The molecule has 1 aromatic rings. The van der Waals surface area contributed by atoms with E-state index in [1.807, 2.05) is 6.92 Å². The monoisotopic (exact) mass is 262 g/mol. The van der Waals surface area contributed by atoms with Gasteiger partial charge in [-0.3, -0.25) is 15.1 Å². The number of nitro benzene ring substituents is 1. The molecule has 1 aliphatic rings. The Bertz CT molecular complexity index is 480. The number of hydrogen-bond donors (Lipinski definition) is 1. The van der Waals surface area contributed by atoms with Gasteiger partial charge in [-0.15, -0.1) is 0 Å². The summed E-state index contributed by atoms with van der Waals surface area (Å²) in [5, 5.41) is 20.6. The predicted molar refractivity (Wildman–Crippen MR) is 73.5 cm³/mol. The second-order valence-electron chi connectivity index (χ2n) is 5.29. The van der Waals surface area contributed by atoms with Gasteiger partial charge in [0.05, 0.1) is 10.5 Å². The molecule has 2 atom stereocenters. The van der Waals surface area contributed by atoms with Crippen LogP contribution in [0.3, 0.4) is 0 Å². The summed E-state index contributed by atoms with van der Waals surface area (Å²) in [6.07, 6.45) is 4.60. The molecule has 0 unspecified atom stereocenters. The molecule has 0 radical (unpaired) electrons. The van der Waals surface area contributed by atoms with Gasteiger partial charge in [0, 0.05) is 30.8 Å². The normalized spacial score (nSPS) is 26.9. The molecule has 19 heavy (non-hydrogen) atoms. The Morgan fingerprint density at radius 2 is 2.21 bits per heavy atom. The van der Waals surface area contributed by atoms with Crippen molar-refractivity contribution in [3.63, 3.8) is 0 Å². The molecule has 0 bridgehead atoms. The maximum absolute atomic E-state index is 10.5. The summed E-state index contributed by atoms with van der Waals surface area (Å²) in [6.45, 7) is 2.47. The summed E-state index contributed by atoms with van der Waals surface area (Å²) < 4.78 is 0. The van der Waals surface area contributed by atoms with Crippen molar-refractivity contribution in [2.75, 3.05) is 6.54 Å². The van der Waals surface area contributed by atoms with Gasteiger partial charge in [-0.2, -0.15) is 0 Å². The smallest absolute Gasteiger partial charge is 0.269 e. The van der Waals surface area contributed by atoms with E-state index < -0.39 is 10.5 Å². The van der Waals surface area contributed by atoms with Crippen LogP contribution in [0.4, 0.5) is 5.69 Å². The van der Waals surface area contributed by atoms with E-state index >= 15 is 0 Å². The summed E-state index contributed by atoms with van der Waals surface area (Å²) in [5.41, 5.74) is 0.311. The van der Waals surface area contributed by atoms with Crippen molar-refractivity contribution < 1.29 is 10.0 Å². The van der Waals surface area contributed by atoms with Crippen LogP contribution >= 0.6 is 0 Å². The highest BCUT2D eigenvalue weighted by Gasteiger charge is 2.36. The highest BCUT2D eigenvalue weighted by atomic mass is 16.6. The number of hydrogen-bond acceptors (Lipinski definition) is 4. The van der Waals surface area contributed by atoms with Crippen LogP contribution in [0.25, 0.3) is 0 Å². The van der Waals surface area contributed by atoms with Crippen LogP contribution in [-0.2, 0) is 0 Å². The Morgan fingerprint density at radius 1 is 1.53 bits per heavy atom. The number of non-ortho nitro benzene ring substituents is 1. The Balaban J connectivity index is 1.94. The summed E-state index contributed by atoms with van der Waals surface area (Å²) >= 11 is 0. The van der Waals surface area contributed by atoms with Gasteiger partial charge in [-0.05, 0) is 37.5 Å². The summed E-state index contributed by atoms with van der Waals surface area (Å²) in [7, 11) is 0. The number of benzene rings is 1. The van der Waals surface area contributed by atoms with Crippen LogP contribution in [0.5, 0.6) is 0 Å². The summed E-state index contributed by atoms with van der Waals surface area (Å²) in [4.78, 5) is 14.4. The SMILES string of the molecule is C[C@]1(O)CCC[C@H]1CN=Cc1ccc([N+](=O)[O-])cc1. The van der Waals surface area contributed by atoms with E-state index in [1.165, 1.54) is 12.1 Å². The Kier molecular flexibility index (Phi) is 3.95. The number of nitrogens with zero attached hydrogens (tertiary/aromatic N) is 2. The maximum Gasteiger partial charge on any atom is 0.269 e. The van der Waals surface area contributed by atoms with Gasteiger partial charge < -0.3 is 5.11 Å². The first-order valence-electron chi connectivity index (χ1n) is 6.46. The fourth-order valence-electron chi connectivity index (χ4n) is 2.48. The van der Waals surface area contributed by atoms with E-state index in [1.54, 1.807) is 18.3 Å². The van der Waals surface area contributed by atoms with Gasteiger partial charge in [0.25, 0.3) is 5.69 Å². The predicted octanol–water partition coefficient (Wildman–Crippen LogP) is 2.56. The van der Waals surface area contributed by atoms with Crippen LogP contribution < -0.4 is 0 Å². The Morgan fingerprint density at radius 3 is 2.74 bits per heavy atom. The van der Waals surface area contributed by atoms with Crippen LogP contribution in [0.15, 0.2) is 29.3 Å². The minimum Gasteiger partial charge on any atom is -0.390 e. The molecule has 102 valence electrons. The minimum absolute atomic E-state index is 0.0795. The highest BCUT2D eigenvalue weighted by Crippen LogP contribution is 2.35. The molecule has 1 fully saturated rings. The topological polar surface area (TPSA) is 75.7 Å². The van der Waals surface area contributed by atoms with Crippen molar-refractivity contribution in [1.82, 2.24) is 0 Å². The number of nitro groups is 1. The molecule has 1 N–H and O–H groups in total. The molecule has 0 spiro atoms. The maximum atomic E-state index is 10.5. The molecular formula is C14H18N2O3.